The maximum atomic E-state index is 12.9. The predicted molar refractivity (Wildman–Crippen MR) is 86.6 cm³/mol. The molecule has 0 spiro atoms. The quantitative estimate of drug-likeness (QED) is 0.862. The first-order chi connectivity index (χ1) is 11.2. The van der Waals surface area contributed by atoms with Gasteiger partial charge in [0, 0.05) is 28.7 Å². The van der Waals surface area contributed by atoms with E-state index >= 15 is 0 Å². The minimum absolute atomic E-state index is 0.147. The molecule has 1 fully saturated rings. The number of aromatic amines is 1. The summed E-state index contributed by atoms with van der Waals surface area (Å²) >= 11 is 6.08. The van der Waals surface area contributed by atoms with Crippen LogP contribution in [0.2, 0.25) is 5.02 Å². The van der Waals surface area contributed by atoms with Gasteiger partial charge in [-0.1, -0.05) is 11.6 Å². The SMILES string of the molecule is CC1CCC([C@@H](O)C(F)(F)F)N1c1ccc2[nH]c(=O)cc(Cl)c2c1. The molecule has 4 nitrogen and oxygen atoms in total. The Hall–Kier alpha value is -1.73. The maximum Gasteiger partial charge on any atom is 0.416 e. The van der Waals surface area contributed by atoms with Crippen LogP contribution in [0.15, 0.2) is 29.1 Å². The number of aliphatic hydroxyl groups is 1. The van der Waals surface area contributed by atoms with E-state index < -0.39 is 18.3 Å². The highest BCUT2D eigenvalue weighted by Gasteiger charge is 2.48. The van der Waals surface area contributed by atoms with Crippen molar-refractivity contribution in [1.29, 1.82) is 0 Å². The molecule has 1 aromatic heterocycles. The average molecular weight is 361 g/mol. The predicted octanol–water partition coefficient (Wildman–Crippen LogP) is 3.46. The topological polar surface area (TPSA) is 56.3 Å². The molecule has 0 amide bonds. The molecule has 2 aromatic rings. The molecule has 0 saturated carbocycles. The van der Waals surface area contributed by atoms with Gasteiger partial charge in [-0.2, -0.15) is 13.2 Å². The van der Waals surface area contributed by atoms with Gasteiger partial charge >= 0.3 is 6.18 Å². The van der Waals surface area contributed by atoms with Gasteiger partial charge in [-0.05, 0) is 38.0 Å². The summed E-state index contributed by atoms with van der Waals surface area (Å²) in [5.41, 5.74) is 0.700. The molecule has 1 aliphatic rings. The summed E-state index contributed by atoms with van der Waals surface area (Å²) in [6.45, 7) is 1.82. The van der Waals surface area contributed by atoms with Crippen molar-refractivity contribution in [3.8, 4) is 0 Å². The minimum Gasteiger partial charge on any atom is -0.382 e. The number of hydrogen-bond donors (Lipinski definition) is 2. The Morgan fingerprint density at radius 1 is 1.33 bits per heavy atom. The van der Waals surface area contributed by atoms with Gasteiger partial charge in [0.05, 0.1) is 11.1 Å². The largest absolute Gasteiger partial charge is 0.416 e. The van der Waals surface area contributed by atoms with Crippen molar-refractivity contribution in [2.75, 3.05) is 4.90 Å². The highest BCUT2D eigenvalue weighted by molar-refractivity contribution is 6.35. The van der Waals surface area contributed by atoms with E-state index in [4.69, 9.17) is 11.6 Å². The minimum atomic E-state index is -4.67. The fraction of sp³-hybridized carbons (Fsp3) is 0.438. The van der Waals surface area contributed by atoms with Crippen LogP contribution in [0, 0.1) is 0 Å². The molecule has 24 heavy (non-hydrogen) atoms. The van der Waals surface area contributed by atoms with Gasteiger partial charge in [0.2, 0.25) is 5.56 Å². The van der Waals surface area contributed by atoms with Gasteiger partial charge in [0.25, 0.3) is 0 Å². The zero-order valence-corrected chi connectivity index (χ0v) is 13.5. The second kappa shape index (κ2) is 5.97. The zero-order chi connectivity index (χ0) is 17.6. The number of H-pyrrole nitrogens is 1. The monoisotopic (exact) mass is 360 g/mol. The molecule has 1 aliphatic heterocycles. The number of halogens is 4. The number of alkyl halides is 3. The number of nitrogens with zero attached hydrogens (tertiary/aromatic N) is 1. The fourth-order valence-electron chi connectivity index (χ4n) is 3.35. The van der Waals surface area contributed by atoms with Crippen LogP contribution in [0.1, 0.15) is 19.8 Å². The molecule has 0 aliphatic carbocycles. The first-order valence-electron chi connectivity index (χ1n) is 7.54. The van der Waals surface area contributed by atoms with Crippen LogP contribution in [0.25, 0.3) is 10.9 Å². The Labute approximate surface area is 140 Å². The molecular formula is C16H16ClF3N2O2. The standard InChI is InChI=1S/C16H16ClF3N2O2/c1-8-2-5-13(15(24)16(18,19)20)22(8)9-3-4-12-10(6-9)11(17)7-14(23)21-12/h3-4,6-8,13,15,24H,2,5H2,1H3,(H,21,23)/t8?,13?,15-/m1/s1. The molecule has 2 heterocycles. The molecule has 8 heteroatoms. The van der Waals surface area contributed by atoms with E-state index in [0.717, 1.165) is 0 Å². The summed E-state index contributed by atoms with van der Waals surface area (Å²) in [6.07, 6.45) is -6.29. The molecule has 2 N–H and O–H groups in total. The number of pyridine rings is 1. The number of aromatic nitrogens is 1. The number of aliphatic hydroxyl groups excluding tert-OH is 1. The van der Waals surface area contributed by atoms with Gasteiger partial charge in [-0.3, -0.25) is 4.79 Å². The van der Waals surface area contributed by atoms with Crippen molar-refractivity contribution in [3.05, 3.63) is 39.6 Å². The van der Waals surface area contributed by atoms with Crippen LogP contribution in [-0.2, 0) is 0 Å². The van der Waals surface area contributed by atoms with Crippen molar-refractivity contribution in [2.24, 2.45) is 0 Å². The molecule has 0 radical (unpaired) electrons. The molecule has 2 unspecified atom stereocenters. The average Bonchev–Trinajstić information content (AvgIpc) is 2.86. The van der Waals surface area contributed by atoms with Crippen molar-refractivity contribution < 1.29 is 18.3 Å². The van der Waals surface area contributed by atoms with Crippen LogP contribution in [0.3, 0.4) is 0 Å². The Bertz CT molecular complexity index is 821. The fourth-order valence-corrected chi connectivity index (χ4v) is 3.61. The third-order valence-corrected chi connectivity index (χ3v) is 4.80. The molecule has 1 saturated heterocycles. The number of rotatable bonds is 2. The Morgan fingerprint density at radius 3 is 2.71 bits per heavy atom. The van der Waals surface area contributed by atoms with Gasteiger partial charge in [0.1, 0.15) is 0 Å². The van der Waals surface area contributed by atoms with E-state index in [0.29, 0.717) is 23.0 Å². The lowest BCUT2D eigenvalue weighted by Gasteiger charge is -2.34. The lowest BCUT2D eigenvalue weighted by atomic mass is 10.1. The molecule has 1 aromatic carbocycles. The Kier molecular flexibility index (Phi) is 4.25. The number of hydrogen-bond acceptors (Lipinski definition) is 3. The third kappa shape index (κ3) is 2.98. The van der Waals surface area contributed by atoms with E-state index in [1.54, 1.807) is 23.1 Å². The highest BCUT2D eigenvalue weighted by atomic mass is 35.5. The summed E-state index contributed by atoms with van der Waals surface area (Å²) < 4.78 is 38.8. The lowest BCUT2D eigenvalue weighted by molar-refractivity contribution is -0.209. The second-order valence-electron chi connectivity index (χ2n) is 6.10. The maximum absolute atomic E-state index is 12.9. The normalized spacial score (nSPS) is 23.0. The van der Waals surface area contributed by atoms with Crippen LogP contribution < -0.4 is 10.5 Å². The van der Waals surface area contributed by atoms with Crippen molar-refractivity contribution in [3.63, 3.8) is 0 Å². The summed E-state index contributed by atoms with van der Waals surface area (Å²) in [5, 5.41) is 10.5. The van der Waals surface area contributed by atoms with Gasteiger partial charge in [-0.25, -0.2) is 0 Å². The molecule has 130 valence electrons. The highest BCUT2D eigenvalue weighted by Crippen LogP contribution is 2.38. The van der Waals surface area contributed by atoms with E-state index in [9.17, 15) is 23.1 Å². The number of anilines is 1. The van der Waals surface area contributed by atoms with E-state index in [-0.39, 0.29) is 23.0 Å². The summed E-state index contributed by atoms with van der Waals surface area (Å²) in [5.74, 6) is 0. The van der Waals surface area contributed by atoms with Crippen LogP contribution in [-0.4, -0.2) is 34.5 Å². The van der Waals surface area contributed by atoms with E-state index in [1.165, 1.54) is 6.07 Å². The van der Waals surface area contributed by atoms with Crippen molar-refractivity contribution in [1.82, 2.24) is 4.98 Å². The second-order valence-corrected chi connectivity index (χ2v) is 6.51. The summed E-state index contributed by atoms with van der Waals surface area (Å²) in [7, 11) is 0. The first-order valence-corrected chi connectivity index (χ1v) is 7.92. The van der Waals surface area contributed by atoms with Crippen molar-refractivity contribution in [2.45, 2.75) is 44.1 Å². The smallest absolute Gasteiger partial charge is 0.382 e. The zero-order valence-electron chi connectivity index (χ0n) is 12.8. The van der Waals surface area contributed by atoms with Crippen LogP contribution >= 0.6 is 11.6 Å². The number of benzene rings is 1. The van der Waals surface area contributed by atoms with Gasteiger partial charge < -0.3 is 15.0 Å². The van der Waals surface area contributed by atoms with Gasteiger partial charge in [-0.15, -0.1) is 0 Å². The molecular weight excluding hydrogens is 345 g/mol. The number of fused-ring (bicyclic) bond motifs is 1. The molecule has 3 atom stereocenters. The number of nitrogens with one attached hydrogen (secondary N) is 1. The van der Waals surface area contributed by atoms with E-state index in [2.05, 4.69) is 4.98 Å². The summed E-state index contributed by atoms with van der Waals surface area (Å²) in [4.78, 5) is 15.7. The molecule has 0 bridgehead atoms. The van der Waals surface area contributed by atoms with Gasteiger partial charge in [0.15, 0.2) is 6.10 Å². The van der Waals surface area contributed by atoms with Crippen molar-refractivity contribution >= 4 is 28.2 Å². The summed E-state index contributed by atoms with van der Waals surface area (Å²) in [6, 6.07) is 4.92. The Morgan fingerprint density at radius 2 is 2.04 bits per heavy atom. The third-order valence-electron chi connectivity index (χ3n) is 4.49. The van der Waals surface area contributed by atoms with E-state index in [1.807, 2.05) is 6.92 Å². The molecule has 3 rings (SSSR count). The first kappa shape index (κ1) is 17.1. The van der Waals surface area contributed by atoms with Crippen LogP contribution in [0.5, 0.6) is 0 Å². The Balaban J connectivity index is 2.05. The lowest BCUT2D eigenvalue weighted by Crippen LogP contribution is -2.48. The van der Waals surface area contributed by atoms with Crippen LogP contribution in [0.4, 0.5) is 18.9 Å².